The fraction of sp³-hybridized carbons (Fsp3) is 0.154. The number of benzene rings is 1. The van der Waals surface area contributed by atoms with Crippen LogP contribution in [0.4, 0.5) is 5.69 Å². The van der Waals surface area contributed by atoms with Gasteiger partial charge in [0.15, 0.2) is 0 Å². The van der Waals surface area contributed by atoms with Gasteiger partial charge in [-0.25, -0.2) is 4.98 Å². The van der Waals surface area contributed by atoms with Gasteiger partial charge in [0.25, 0.3) is 11.5 Å². The summed E-state index contributed by atoms with van der Waals surface area (Å²) in [7, 11) is 0. The molecule has 3 aromatic rings. The molecule has 0 saturated heterocycles. The van der Waals surface area contributed by atoms with Crippen LogP contribution < -0.4 is 4.74 Å². The molecular formula is C13H10ClN5O3. The average molecular weight is 320 g/mol. The molecule has 2 heterocycles. The van der Waals surface area contributed by atoms with Crippen LogP contribution in [0.2, 0.25) is 5.02 Å². The lowest BCUT2D eigenvalue weighted by Gasteiger charge is -2.10. The number of rotatable bonds is 3. The first kappa shape index (κ1) is 14.2. The van der Waals surface area contributed by atoms with Crippen molar-refractivity contribution < 1.29 is 9.66 Å². The summed E-state index contributed by atoms with van der Waals surface area (Å²) in [5.74, 6) is 1.06. The van der Waals surface area contributed by atoms with Gasteiger partial charge in [0.05, 0.1) is 11.0 Å². The van der Waals surface area contributed by atoms with Crippen LogP contribution in [0.25, 0.3) is 5.78 Å². The van der Waals surface area contributed by atoms with E-state index in [1.165, 1.54) is 23.0 Å². The molecule has 0 atom stereocenters. The van der Waals surface area contributed by atoms with Gasteiger partial charge in [-0.15, -0.1) is 0 Å². The minimum Gasteiger partial charge on any atom is -0.438 e. The van der Waals surface area contributed by atoms with Crippen LogP contribution in [0.5, 0.6) is 11.6 Å². The molecule has 3 rings (SSSR count). The maximum atomic E-state index is 11.0. The summed E-state index contributed by atoms with van der Waals surface area (Å²) in [6, 6.07) is 4.44. The zero-order valence-corrected chi connectivity index (χ0v) is 12.4. The van der Waals surface area contributed by atoms with Gasteiger partial charge in [0.1, 0.15) is 17.1 Å². The molecule has 0 aliphatic carbocycles. The van der Waals surface area contributed by atoms with Crippen molar-refractivity contribution >= 4 is 23.1 Å². The molecule has 22 heavy (non-hydrogen) atoms. The van der Waals surface area contributed by atoms with Crippen LogP contribution in [0.3, 0.4) is 0 Å². The molecule has 112 valence electrons. The molecule has 0 unspecified atom stereocenters. The van der Waals surface area contributed by atoms with E-state index in [0.717, 1.165) is 0 Å². The number of nitro groups is 1. The molecule has 0 amide bonds. The predicted molar refractivity (Wildman–Crippen MR) is 78.4 cm³/mol. The Morgan fingerprint density at radius 1 is 1.32 bits per heavy atom. The van der Waals surface area contributed by atoms with Gasteiger partial charge in [-0.2, -0.15) is 14.6 Å². The van der Waals surface area contributed by atoms with E-state index < -0.39 is 4.92 Å². The molecule has 0 radical (unpaired) electrons. The second-order valence-corrected chi connectivity index (χ2v) is 5.04. The highest BCUT2D eigenvalue weighted by molar-refractivity contribution is 6.32. The first-order chi connectivity index (χ1) is 10.5. The largest absolute Gasteiger partial charge is 0.438 e. The number of aryl methyl sites for hydroxylation is 2. The average Bonchev–Trinajstić information content (AvgIpc) is 2.89. The molecule has 9 heteroatoms. The highest BCUT2D eigenvalue weighted by Crippen LogP contribution is 2.34. The zero-order chi connectivity index (χ0) is 15.9. The molecule has 0 aliphatic heterocycles. The van der Waals surface area contributed by atoms with E-state index in [9.17, 15) is 10.1 Å². The summed E-state index contributed by atoms with van der Waals surface area (Å²) in [4.78, 5) is 18.6. The molecule has 2 aromatic heterocycles. The third-order valence-electron chi connectivity index (χ3n) is 3.00. The topological polar surface area (TPSA) is 95.5 Å². The van der Waals surface area contributed by atoms with Crippen molar-refractivity contribution in [3.05, 3.63) is 50.9 Å². The van der Waals surface area contributed by atoms with E-state index in [-0.39, 0.29) is 10.7 Å². The van der Waals surface area contributed by atoms with Crippen LogP contribution in [-0.2, 0) is 0 Å². The lowest BCUT2D eigenvalue weighted by atomic mass is 10.2. The molecule has 0 fully saturated rings. The van der Waals surface area contributed by atoms with E-state index >= 15 is 0 Å². The maximum absolute atomic E-state index is 11.0. The molecule has 1 aromatic carbocycles. The van der Waals surface area contributed by atoms with Gasteiger partial charge in [0, 0.05) is 11.8 Å². The molecule has 0 aliphatic rings. The Kier molecular flexibility index (Phi) is 3.38. The number of nitro benzene ring substituents is 1. The second kappa shape index (κ2) is 5.23. The molecule has 0 N–H and O–H groups in total. The van der Waals surface area contributed by atoms with Crippen molar-refractivity contribution in [2.75, 3.05) is 0 Å². The van der Waals surface area contributed by atoms with Gasteiger partial charge in [-0.05, 0) is 25.5 Å². The monoisotopic (exact) mass is 319 g/mol. The molecule has 0 saturated carbocycles. The van der Waals surface area contributed by atoms with Crippen molar-refractivity contribution in [2.24, 2.45) is 0 Å². The Labute approximate surface area is 129 Å². The summed E-state index contributed by atoms with van der Waals surface area (Å²) in [6.07, 6.45) is 1.35. The smallest absolute Gasteiger partial charge is 0.291 e. The number of nitrogens with zero attached hydrogens (tertiary/aromatic N) is 5. The van der Waals surface area contributed by atoms with Crippen molar-refractivity contribution in [2.45, 2.75) is 13.8 Å². The number of halogens is 1. The maximum Gasteiger partial charge on any atom is 0.291 e. The van der Waals surface area contributed by atoms with Crippen LogP contribution >= 0.6 is 11.6 Å². The first-order valence-corrected chi connectivity index (χ1v) is 6.63. The van der Waals surface area contributed by atoms with E-state index in [0.29, 0.717) is 28.7 Å². The van der Waals surface area contributed by atoms with Crippen LogP contribution in [-0.4, -0.2) is 24.5 Å². The van der Waals surface area contributed by atoms with E-state index in [2.05, 4.69) is 15.1 Å². The Hall–Kier alpha value is -2.74. The van der Waals surface area contributed by atoms with Gasteiger partial charge >= 0.3 is 0 Å². The van der Waals surface area contributed by atoms with Gasteiger partial charge in [-0.3, -0.25) is 10.1 Å². The minimum atomic E-state index is -0.558. The summed E-state index contributed by atoms with van der Waals surface area (Å²) < 4.78 is 7.17. The predicted octanol–water partition coefficient (Wildman–Crippen LogP) is 3.10. The fourth-order valence-corrected chi connectivity index (χ4v) is 2.26. The second-order valence-electron chi connectivity index (χ2n) is 4.64. The lowest BCUT2D eigenvalue weighted by molar-refractivity contribution is -0.384. The highest BCUT2D eigenvalue weighted by Gasteiger charge is 2.17. The summed E-state index contributed by atoms with van der Waals surface area (Å²) in [5, 5.41) is 15.1. The number of hydrogen-bond donors (Lipinski definition) is 0. The fourth-order valence-electron chi connectivity index (χ4n) is 1.97. The van der Waals surface area contributed by atoms with E-state index in [1.54, 1.807) is 19.9 Å². The zero-order valence-electron chi connectivity index (χ0n) is 11.6. The van der Waals surface area contributed by atoms with Gasteiger partial charge in [0.2, 0.25) is 5.88 Å². The van der Waals surface area contributed by atoms with E-state index in [1.807, 2.05) is 0 Å². The Morgan fingerprint density at radius 2 is 2.09 bits per heavy atom. The first-order valence-electron chi connectivity index (χ1n) is 6.25. The number of aromatic nitrogens is 4. The van der Waals surface area contributed by atoms with Gasteiger partial charge < -0.3 is 4.74 Å². The molecule has 0 bridgehead atoms. The summed E-state index contributed by atoms with van der Waals surface area (Å²) >= 11 is 5.87. The molecule has 0 spiro atoms. The minimum absolute atomic E-state index is 0.0617. The SMILES string of the molecule is Cc1cc(Oc2cc([N+](=O)[O-])c(Cl)cc2C)n2ncnc2n1. The number of ether oxygens (including phenoxy) is 1. The Balaban J connectivity index is 2.10. The quantitative estimate of drug-likeness (QED) is 0.543. The van der Waals surface area contributed by atoms with Crippen LogP contribution in [0, 0.1) is 24.0 Å². The Bertz CT molecular complexity index is 893. The van der Waals surface area contributed by atoms with Crippen molar-refractivity contribution in [3.8, 4) is 11.6 Å². The lowest BCUT2D eigenvalue weighted by Crippen LogP contribution is -2.00. The third kappa shape index (κ3) is 2.44. The molecular weight excluding hydrogens is 310 g/mol. The highest BCUT2D eigenvalue weighted by atomic mass is 35.5. The Morgan fingerprint density at radius 3 is 2.82 bits per heavy atom. The van der Waals surface area contributed by atoms with Crippen molar-refractivity contribution in [1.82, 2.24) is 19.6 Å². The normalized spacial score (nSPS) is 10.9. The van der Waals surface area contributed by atoms with Crippen molar-refractivity contribution in [3.63, 3.8) is 0 Å². The van der Waals surface area contributed by atoms with Crippen LogP contribution in [0.1, 0.15) is 11.3 Å². The third-order valence-corrected chi connectivity index (χ3v) is 3.31. The van der Waals surface area contributed by atoms with Crippen LogP contribution in [0.15, 0.2) is 24.5 Å². The van der Waals surface area contributed by atoms with Crippen molar-refractivity contribution in [1.29, 1.82) is 0 Å². The van der Waals surface area contributed by atoms with E-state index in [4.69, 9.17) is 16.3 Å². The summed E-state index contributed by atoms with van der Waals surface area (Å²) in [6.45, 7) is 3.54. The molecule has 8 nitrogen and oxygen atoms in total. The number of fused-ring (bicyclic) bond motifs is 1. The number of hydrogen-bond acceptors (Lipinski definition) is 6. The van der Waals surface area contributed by atoms with Gasteiger partial charge in [-0.1, -0.05) is 11.6 Å². The summed E-state index contributed by atoms with van der Waals surface area (Å²) in [5.41, 5.74) is 1.14. The standard InChI is InChI=1S/C13H10ClN5O3/c1-7-3-9(14)10(19(20)21)5-11(7)22-12-4-8(2)17-13-15-6-16-18(12)13/h3-6H,1-2H3.